The number of hydrogen-bond donors (Lipinski definition) is 1. The monoisotopic (exact) mass is 862 g/mol. The van der Waals surface area contributed by atoms with Crippen LogP contribution in [0.15, 0.2) is 223 Å². The van der Waals surface area contributed by atoms with E-state index in [4.69, 9.17) is 11.8 Å². The van der Waals surface area contributed by atoms with Gasteiger partial charge in [-0.2, -0.15) is 0 Å². The molecule has 66 heavy (non-hydrogen) atoms. The molecular weight excluding hydrogens is 801 g/mol. The zero-order chi connectivity index (χ0) is 45.8. The third kappa shape index (κ3) is 9.73. The quantitative estimate of drug-likeness (QED) is 0.0528. The lowest BCUT2D eigenvalue weighted by Crippen LogP contribution is -2.42. The summed E-state index contributed by atoms with van der Waals surface area (Å²) in [5.41, 5.74) is 14.6. The Morgan fingerprint density at radius 3 is 2.35 bits per heavy atom. The van der Waals surface area contributed by atoms with Crippen molar-refractivity contribution in [1.82, 2.24) is 4.98 Å². The van der Waals surface area contributed by atoms with E-state index in [1.165, 1.54) is 56.3 Å². The van der Waals surface area contributed by atoms with Gasteiger partial charge in [0.2, 0.25) is 0 Å². The molecule has 1 heterocycles. The van der Waals surface area contributed by atoms with Gasteiger partial charge in [-0.05, 0) is 150 Å². The number of fused-ring (bicyclic) bond motifs is 2. The molecule has 4 nitrogen and oxygen atoms in total. The second kappa shape index (κ2) is 21.6. The summed E-state index contributed by atoms with van der Waals surface area (Å²) < 4.78 is 0. The number of nitrogens with one attached hydrogen (secondary N) is 1. The van der Waals surface area contributed by atoms with Crippen molar-refractivity contribution in [3.05, 3.63) is 240 Å². The number of pyridine rings is 1. The maximum absolute atomic E-state index is 7.61. The van der Waals surface area contributed by atoms with E-state index in [1.807, 2.05) is 30.6 Å². The summed E-state index contributed by atoms with van der Waals surface area (Å²) >= 11 is 0. The second-order valence-corrected chi connectivity index (χ2v) is 17.4. The van der Waals surface area contributed by atoms with Gasteiger partial charge in [0.25, 0.3) is 0 Å². The highest BCUT2D eigenvalue weighted by Crippen LogP contribution is 2.52. The fourth-order valence-corrected chi connectivity index (χ4v) is 10.3. The first-order valence-corrected chi connectivity index (χ1v) is 23.7. The Kier molecular flexibility index (Phi) is 14.9. The summed E-state index contributed by atoms with van der Waals surface area (Å²) in [6, 6.07) is 32.2. The topological polar surface area (TPSA) is 43.2 Å². The van der Waals surface area contributed by atoms with E-state index in [0.717, 1.165) is 42.6 Å². The molecule has 0 fully saturated rings. The van der Waals surface area contributed by atoms with Gasteiger partial charge in [-0.25, -0.2) is 0 Å². The van der Waals surface area contributed by atoms with E-state index in [2.05, 4.69) is 218 Å². The van der Waals surface area contributed by atoms with Gasteiger partial charge in [-0.1, -0.05) is 153 Å². The van der Waals surface area contributed by atoms with Gasteiger partial charge in [0.1, 0.15) is 0 Å². The van der Waals surface area contributed by atoms with E-state index in [0.29, 0.717) is 0 Å². The lowest BCUT2D eigenvalue weighted by molar-refractivity contribution is 0.599. The number of allylic oxidation sites excluding steroid dienone is 16. The van der Waals surface area contributed by atoms with E-state index >= 15 is 0 Å². The molecule has 1 aromatic heterocycles. The van der Waals surface area contributed by atoms with Crippen molar-refractivity contribution < 1.29 is 0 Å². The molecule has 0 radical (unpaired) electrons. The summed E-state index contributed by atoms with van der Waals surface area (Å²) in [4.78, 5) is 9.49. The van der Waals surface area contributed by atoms with E-state index in [1.54, 1.807) is 0 Å². The molecule has 6 atom stereocenters. The Balaban J connectivity index is 1.20. The molecule has 0 spiro atoms. The average Bonchev–Trinajstić information content (AvgIpc) is 3.37. The van der Waals surface area contributed by atoms with Crippen molar-refractivity contribution in [2.45, 2.75) is 83.5 Å². The Labute approximate surface area is 394 Å². The van der Waals surface area contributed by atoms with Crippen LogP contribution in [0.3, 0.4) is 0 Å². The van der Waals surface area contributed by atoms with Crippen LogP contribution in [0.4, 0.5) is 11.4 Å². The summed E-state index contributed by atoms with van der Waals surface area (Å²) in [5, 5.41) is 7.61. The highest BCUT2D eigenvalue weighted by molar-refractivity contribution is 5.91. The molecule has 4 aromatic rings. The molecule has 0 saturated carbocycles. The zero-order valence-corrected chi connectivity index (χ0v) is 38.8. The maximum Gasteiger partial charge on any atom is 0.0562 e. The van der Waals surface area contributed by atoms with Crippen LogP contribution < -0.4 is 9.80 Å². The minimum Gasteiger partial charge on any atom is -0.359 e. The molecule has 330 valence electrons. The molecule has 0 bridgehead atoms. The Morgan fingerprint density at radius 1 is 0.864 bits per heavy atom. The van der Waals surface area contributed by atoms with Crippen LogP contribution in [0.5, 0.6) is 0 Å². The molecule has 6 unspecified atom stereocenters. The number of rotatable bonds is 16. The van der Waals surface area contributed by atoms with Crippen LogP contribution in [-0.4, -0.2) is 35.4 Å². The highest BCUT2D eigenvalue weighted by atomic mass is 15.2. The van der Waals surface area contributed by atoms with Gasteiger partial charge in [0, 0.05) is 42.0 Å². The lowest BCUT2D eigenvalue weighted by Gasteiger charge is -2.39. The van der Waals surface area contributed by atoms with Crippen LogP contribution in [0, 0.1) is 23.7 Å². The number of hydrogen-bond acceptors (Lipinski definition) is 4. The molecule has 3 aromatic carbocycles. The fourth-order valence-electron chi connectivity index (χ4n) is 10.3. The lowest BCUT2D eigenvalue weighted by atomic mass is 9.65. The summed E-state index contributed by atoms with van der Waals surface area (Å²) in [6.07, 6.45) is 52.8. The Bertz CT molecular complexity index is 2740. The van der Waals surface area contributed by atoms with Crippen LogP contribution in [0.1, 0.15) is 76.0 Å². The van der Waals surface area contributed by atoms with Crippen LogP contribution in [0.2, 0.25) is 0 Å². The first-order valence-electron chi connectivity index (χ1n) is 23.7. The number of anilines is 2. The summed E-state index contributed by atoms with van der Waals surface area (Å²) in [5.74, 6) is 2.96. The third-order valence-electron chi connectivity index (χ3n) is 13.4. The fraction of sp³-hybridized carbons (Fsp3) is 0.226. The molecule has 4 aliphatic rings. The van der Waals surface area contributed by atoms with Crippen molar-refractivity contribution in [1.29, 1.82) is 5.41 Å². The predicted octanol–water partition coefficient (Wildman–Crippen LogP) is 14.7. The number of nitrogens with zero attached hydrogens (tertiary/aromatic N) is 3. The predicted molar refractivity (Wildman–Crippen MR) is 282 cm³/mol. The molecule has 0 saturated heterocycles. The minimum absolute atomic E-state index is 0.0986. The van der Waals surface area contributed by atoms with Crippen molar-refractivity contribution in [3.63, 3.8) is 0 Å². The van der Waals surface area contributed by atoms with Gasteiger partial charge >= 0.3 is 0 Å². The first kappa shape index (κ1) is 45.4. The Morgan fingerprint density at radius 2 is 1.67 bits per heavy atom. The molecule has 4 heteroatoms. The first-order chi connectivity index (χ1) is 32.5. The normalized spacial score (nSPS) is 21.0. The number of benzene rings is 3. The van der Waals surface area contributed by atoms with Gasteiger partial charge in [0.05, 0.1) is 24.0 Å². The molecule has 4 aliphatic carbocycles. The van der Waals surface area contributed by atoms with Crippen LogP contribution in [-0.2, 0) is 0 Å². The van der Waals surface area contributed by atoms with Crippen molar-refractivity contribution >= 4 is 23.2 Å². The largest absolute Gasteiger partial charge is 0.359 e. The van der Waals surface area contributed by atoms with Gasteiger partial charge in [0.15, 0.2) is 0 Å². The van der Waals surface area contributed by atoms with E-state index in [-0.39, 0.29) is 36.0 Å². The smallest absolute Gasteiger partial charge is 0.0562 e. The zero-order valence-electron chi connectivity index (χ0n) is 38.8. The average molecular weight is 863 g/mol. The maximum atomic E-state index is 7.61. The van der Waals surface area contributed by atoms with Gasteiger partial charge in [-0.15, -0.1) is 6.42 Å². The molecule has 1 N–H and O–H groups in total. The van der Waals surface area contributed by atoms with Crippen molar-refractivity contribution in [2.24, 2.45) is 5.92 Å². The standard InChI is InChI=1S/C62H62N4/c1-6-10-21-46(8-3)61-57-38-32-51(47-28-34-54(35-29-47)65(45(5)20-18-40-63)53-25-16-13-17-26-53)43-60(57)62(49-22-14-12-15-23-49)58-39-33-50(42-59(58)61)48-30-36-55(37-31-48)66(52(9-4)24-11-7-2)56-27-19-41-64-44-56/h1,8,10-25,27-36,38-45,52-53,55,58,62-63H,7,9,26,37H2,2-5H3/b20-18-,21-10-,24-11-,46-8+,63-40?. The van der Waals surface area contributed by atoms with E-state index < -0.39 is 0 Å². The number of aromatic nitrogens is 1. The highest BCUT2D eigenvalue weighted by Gasteiger charge is 2.37. The molecule has 0 amide bonds. The summed E-state index contributed by atoms with van der Waals surface area (Å²) in [7, 11) is 0. The number of terminal acetylenes is 1. The SMILES string of the molecule is C#C/C=C\C(=C/C)C1=C2C=C(C3=CCC(N(c4cccnc4)C(/C=C\CC)CC)C=C3)C=CC2C(c2ccccc2)c2cc(-c3ccc(N(C(C)/C=C\C=N)C4C=CC=CC4)cc3)ccc21. The summed E-state index contributed by atoms with van der Waals surface area (Å²) in [6.45, 7) is 8.79. The second-order valence-electron chi connectivity index (χ2n) is 17.4. The van der Waals surface area contributed by atoms with Crippen LogP contribution in [0.25, 0.3) is 16.7 Å². The van der Waals surface area contributed by atoms with Crippen molar-refractivity contribution in [3.8, 4) is 23.5 Å². The molecule has 8 rings (SSSR count). The van der Waals surface area contributed by atoms with Crippen molar-refractivity contribution in [2.75, 3.05) is 9.80 Å². The Hall–Kier alpha value is -7.22. The van der Waals surface area contributed by atoms with Gasteiger partial charge < -0.3 is 15.2 Å². The van der Waals surface area contributed by atoms with Gasteiger partial charge in [-0.3, -0.25) is 4.98 Å². The van der Waals surface area contributed by atoms with Crippen LogP contribution >= 0.6 is 0 Å². The minimum atomic E-state index is 0.0986. The molecule has 0 aliphatic heterocycles. The van der Waals surface area contributed by atoms with E-state index in [9.17, 15) is 0 Å². The molecular formula is C62H62N4. The third-order valence-corrected chi connectivity index (χ3v) is 13.4.